The van der Waals surface area contributed by atoms with Gasteiger partial charge in [-0.3, -0.25) is 4.98 Å². The Morgan fingerprint density at radius 3 is 2.58 bits per heavy atom. The van der Waals surface area contributed by atoms with Crippen LogP contribution in [0.1, 0.15) is 11.1 Å². The Labute approximate surface area is 124 Å². The van der Waals surface area contributed by atoms with Crippen LogP contribution >= 0.6 is 24.0 Å². The molecule has 1 N–H and O–H groups in total. The number of methoxy groups -OCH3 is 1. The number of halogens is 2. The largest absolute Gasteiger partial charge is 0.496 e. The molecule has 0 bridgehead atoms. The molecule has 0 fully saturated rings. The molecule has 5 heteroatoms. The van der Waals surface area contributed by atoms with Crippen LogP contribution in [0, 0.1) is 0 Å². The number of benzene rings is 1. The molecule has 102 valence electrons. The van der Waals surface area contributed by atoms with E-state index in [1.54, 1.807) is 19.5 Å². The first-order valence-electron chi connectivity index (χ1n) is 5.71. The lowest BCUT2D eigenvalue weighted by molar-refractivity contribution is 0.407. The highest BCUT2D eigenvalue weighted by Gasteiger charge is 2.03. The predicted molar refractivity (Wildman–Crippen MR) is 80.0 cm³/mol. The van der Waals surface area contributed by atoms with E-state index in [4.69, 9.17) is 16.3 Å². The van der Waals surface area contributed by atoms with Crippen molar-refractivity contribution in [1.29, 1.82) is 0 Å². The second-order valence-electron chi connectivity index (χ2n) is 3.92. The first kappa shape index (κ1) is 15.8. The van der Waals surface area contributed by atoms with Gasteiger partial charge in [0.25, 0.3) is 0 Å². The van der Waals surface area contributed by atoms with E-state index in [0.29, 0.717) is 6.54 Å². The Balaban J connectivity index is 0.00000180. The van der Waals surface area contributed by atoms with E-state index in [1.807, 2.05) is 30.3 Å². The van der Waals surface area contributed by atoms with Crippen molar-refractivity contribution in [1.82, 2.24) is 10.3 Å². The molecule has 0 atom stereocenters. The zero-order chi connectivity index (χ0) is 12.8. The molecule has 1 aromatic heterocycles. The Bertz CT molecular complexity index is 506. The summed E-state index contributed by atoms with van der Waals surface area (Å²) in [5, 5.41) is 4.07. The van der Waals surface area contributed by atoms with E-state index in [0.717, 1.165) is 22.9 Å². The summed E-state index contributed by atoms with van der Waals surface area (Å²) in [5.41, 5.74) is 2.25. The van der Waals surface area contributed by atoms with E-state index >= 15 is 0 Å². The zero-order valence-corrected chi connectivity index (χ0v) is 12.2. The monoisotopic (exact) mass is 298 g/mol. The minimum absolute atomic E-state index is 0. The summed E-state index contributed by atoms with van der Waals surface area (Å²) in [5.74, 6) is 0.849. The number of rotatable bonds is 5. The molecule has 1 heterocycles. The number of ether oxygens (including phenoxy) is 1. The van der Waals surface area contributed by atoms with Gasteiger partial charge in [-0.2, -0.15) is 0 Å². The van der Waals surface area contributed by atoms with Gasteiger partial charge in [-0.05, 0) is 35.9 Å². The molecule has 0 aliphatic rings. The summed E-state index contributed by atoms with van der Waals surface area (Å²) >= 11 is 5.98. The summed E-state index contributed by atoms with van der Waals surface area (Å²) in [6, 6.07) is 9.60. The minimum atomic E-state index is 0. The molecule has 0 unspecified atom stereocenters. The summed E-state index contributed by atoms with van der Waals surface area (Å²) in [7, 11) is 1.66. The van der Waals surface area contributed by atoms with Crippen LogP contribution in [-0.4, -0.2) is 12.1 Å². The smallest absolute Gasteiger partial charge is 0.123 e. The maximum Gasteiger partial charge on any atom is 0.123 e. The Kier molecular flexibility index (Phi) is 6.64. The van der Waals surface area contributed by atoms with E-state index in [9.17, 15) is 0 Å². The van der Waals surface area contributed by atoms with Crippen molar-refractivity contribution < 1.29 is 4.74 Å². The predicted octanol–water partition coefficient (Wildman–Crippen LogP) is 3.46. The molecule has 1 aromatic carbocycles. The third-order valence-electron chi connectivity index (χ3n) is 2.64. The lowest BCUT2D eigenvalue weighted by Crippen LogP contribution is -2.13. The fourth-order valence-corrected chi connectivity index (χ4v) is 1.92. The van der Waals surface area contributed by atoms with Gasteiger partial charge in [0.15, 0.2) is 0 Å². The number of pyridine rings is 1. The van der Waals surface area contributed by atoms with Crippen LogP contribution in [0.3, 0.4) is 0 Å². The lowest BCUT2D eigenvalue weighted by atomic mass is 10.2. The number of aromatic nitrogens is 1. The molecule has 2 aromatic rings. The van der Waals surface area contributed by atoms with Crippen molar-refractivity contribution >= 4 is 24.0 Å². The quantitative estimate of drug-likeness (QED) is 0.918. The van der Waals surface area contributed by atoms with Gasteiger partial charge in [0.1, 0.15) is 5.75 Å². The van der Waals surface area contributed by atoms with Crippen LogP contribution in [0.25, 0.3) is 0 Å². The van der Waals surface area contributed by atoms with E-state index < -0.39 is 0 Å². The molecule has 0 radical (unpaired) electrons. The third kappa shape index (κ3) is 4.71. The van der Waals surface area contributed by atoms with Gasteiger partial charge in [-0.25, -0.2) is 0 Å². The van der Waals surface area contributed by atoms with Crippen LogP contribution in [0.5, 0.6) is 5.75 Å². The van der Waals surface area contributed by atoms with Crippen molar-refractivity contribution in [3.8, 4) is 5.75 Å². The van der Waals surface area contributed by atoms with Crippen LogP contribution in [0.2, 0.25) is 5.02 Å². The molecule has 0 amide bonds. The summed E-state index contributed by atoms with van der Waals surface area (Å²) in [6.45, 7) is 1.50. The molecular formula is C14H16Cl2N2O. The summed E-state index contributed by atoms with van der Waals surface area (Å²) in [4.78, 5) is 3.99. The van der Waals surface area contributed by atoms with Crippen molar-refractivity contribution in [2.45, 2.75) is 13.1 Å². The Morgan fingerprint density at radius 2 is 1.89 bits per heavy atom. The van der Waals surface area contributed by atoms with Crippen molar-refractivity contribution in [3.63, 3.8) is 0 Å². The number of nitrogens with zero attached hydrogens (tertiary/aromatic N) is 1. The van der Waals surface area contributed by atoms with E-state index in [2.05, 4.69) is 10.3 Å². The maximum atomic E-state index is 5.98. The van der Waals surface area contributed by atoms with Crippen LogP contribution in [0.15, 0.2) is 42.7 Å². The van der Waals surface area contributed by atoms with Crippen molar-refractivity contribution in [2.75, 3.05) is 7.11 Å². The summed E-state index contributed by atoms with van der Waals surface area (Å²) < 4.78 is 5.29. The van der Waals surface area contributed by atoms with Gasteiger partial charge in [-0.15, -0.1) is 12.4 Å². The van der Waals surface area contributed by atoms with Gasteiger partial charge >= 0.3 is 0 Å². The van der Waals surface area contributed by atoms with E-state index in [-0.39, 0.29) is 12.4 Å². The average molecular weight is 299 g/mol. The highest BCUT2D eigenvalue weighted by atomic mass is 35.5. The molecule has 19 heavy (non-hydrogen) atoms. The highest BCUT2D eigenvalue weighted by Crippen LogP contribution is 2.22. The first-order valence-corrected chi connectivity index (χ1v) is 6.09. The Morgan fingerprint density at radius 1 is 1.16 bits per heavy atom. The van der Waals surface area contributed by atoms with Gasteiger partial charge < -0.3 is 10.1 Å². The topological polar surface area (TPSA) is 34.1 Å². The molecule has 0 saturated carbocycles. The fourth-order valence-electron chi connectivity index (χ4n) is 1.73. The second kappa shape index (κ2) is 8.00. The number of nitrogens with one attached hydrogen (secondary N) is 1. The van der Waals surface area contributed by atoms with Crippen molar-refractivity contribution in [3.05, 3.63) is 58.9 Å². The normalized spacial score (nSPS) is 9.79. The molecule has 0 spiro atoms. The minimum Gasteiger partial charge on any atom is -0.496 e. The average Bonchev–Trinajstić information content (AvgIpc) is 2.40. The first-order chi connectivity index (χ1) is 8.79. The lowest BCUT2D eigenvalue weighted by Gasteiger charge is -2.10. The molecule has 0 aliphatic heterocycles. The fraction of sp³-hybridized carbons (Fsp3) is 0.214. The molecule has 0 aliphatic carbocycles. The van der Waals surface area contributed by atoms with Crippen LogP contribution in [-0.2, 0) is 13.1 Å². The highest BCUT2D eigenvalue weighted by molar-refractivity contribution is 6.30. The Hall–Kier alpha value is -1.29. The van der Waals surface area contributed by atoms with Crippen LogP contribution < -0.4 is 10.1 Å². The second-order valence-corrected chi connectivity index (χ2v) is 4.35. The van der Waals surface area contributed by atoms with Gasteiger partial charge in [0.05, 0.1) is 7.11 Å². The molecule has 3 nitrogen and oxygen atoms in total. The van der Waals surface area contributed by atoms with Gasteiger partial charge in [0, 0.05) is 36.1 Å². The third-order valence-corrected chi connectivity index (χ3v) is 2.87. The van der Waals surface area contributed by atoms with Gasteiger partial charge in [-0.1, -0.05) is 11.6 Å². The molecule has 2 rings (SSSR count). The standard InChI is InChI=1S/C14H15ClN2O.ClH/c1-18-14-3-2-13(15)8-12(14)10-17-9-11-4-6-16-7-5-11;/h2-8,17H,9-10H2,1H3;1H. The molecule has 0 saturated heterocycles. The maximum absolute atomic E-state index is 5.98. The van der Waals surface area contributed by atoms with E-state index in [1.165, 1.54) is 5.56 Å². The summed E-state index contributed by atoms with van der Waals surface area (Å²) in [6.07, 6.45) is 3.58. The van der Waals surface area contributed by atoms with Crippen molar-refractivity contribution in [2.24, 2.45) is 0 Å². The van der Waals surface area contributed by atoms with Gasteiger partial charge in [0.2, 0.25) is 0 Å². The zero-order valence-electron chi connectivity index (χ0n) is 10.6. The van der Waals surface area contributed by atoms with Crippen LogP contribution in [0.4, 0.5) is 0 Å². The molecular weight excluding hydrogens is 283 g/mol. The number of hydrogen-bond donors (Lipinski definition) is 1. The number of hydrogen-bond acceptors (Lipinski definition) is 3. The SMILES string of the molecule is COc1ccc(Cl)cc1CNCc1ccncc1.Cl.